The van der Waals surface area contributed by atoms with Crippen molar-refractivity contribution in [3.63, 3.8) is 0 Å². The van der Waals surface area contributed by atoms with Gasteiger partial charge in [-0.2, -0.15) is 0 Å². The normalized spacial score (nSPS) is 24.4. The van der Waals surface area contributed by atoms with Gasteiger partial charge in [0.05, 0.1) is 4.92 Å². The molecule has 0 aliphatic carbocycles. The predicted molar refractivity (Wildman–Crippen MR) is 48.1 cm³/mol. The molecule has 1 unspecified atom stereocenters. The Balaban J connectivity index is 2.02. The van der Waals surface area contributed by atoms with Crippen molar-refractivity contribution < 1.29 is 14.4 Å². The first-order valence-corrected chi connectivity index (χ1v) is 4.23. The van der Waals surface area contributed by atoms with E-state index in [0.29, 0.717) is 5.75 Å². The second-order valence-electron chi connectivity index (χ2n) is 3.08. The first-order valence-electron chi connectivity index (χ1n) is 4.23. The average Bonchev–Trinajstić information content (AvgIpc) is 2.82. The maximum atomic E-state index is 10.3. The fraction of sp³-hybridized carbons (Fsp3) is 0.333. The molecular weight excluding hydrogens is 186 g/mol. The van der Waals surface area contributed by atoms with E-state index in [1.54, 1.807) is 12.1 Å². The third-order valence-corrected chi connectivity index (χ3v) is 1.96. The summed E-state index contributed by atoms with van der Waals surface area (Å²) in [7, 11) is 0. The molecular formula is C9H9NO4. The standard InChI is InChI=1S/C9H9NO4/c1-6-9(13-6)14-8-4-2-7(3-5-8)10(11)12/h2-6,9H,1H3/t6-,9?/m0/s1. The smallest absolute Gasteiger partial charge is 0.269 e. The highest BCUT2D eigenvalue weighted by molar-refractivity contribution is 5.36. The number of nitrogens with zero attached hydrogens (tertiary/aromatic N) is 1. The SMILES string of the molecule is C[C@@H]1OC1Oc1ccc([N+](=O)[O-])cc1. The maximum absolute atomic E-state index is 10.3. The van der Waals surface area contributed by atoms with Crippen LogP contribution in [0.5, 0.6) is 5.75 Å². The quantitative estimate of drug-likeness (QED) is 0.418. The molecule has 1 aliphatic rings. The van der Waals surface area contributed by atoms with E-state index in [0.717, 1.165) is 0 Å². The molecule has 0 amide bonds. The number of non-ortho nitro benzene ring substituents is 1. The molecule has 0 radical (unpaired) electrons. The molecule has 1 aliphatic heterocycles. The van der Waals surface area contributed by atoms with E-state index >= 15 is 0 Å². The van der Waals surface area contributed by atoms with E-state index in [2.05, 4.69) is 0 Å². The second-order valence-corrected chi connectivity index (χ2v) is 3.08. The summed E-state index contributed by atoms with van der Waals surface area (Å²) in [6.45, 7) is 1.90. The molecule has 1 heterocycles. The lowest BCUT2D eigenvalue weighted by molar-refractivity contribution is -0.384. The highest BCUT2D eigenvalue weighted by atomic mass is 16.8. The monoisotopic (exact) mass is 195 g/mol. The van der Waals surface area contributed by atoms with Crippen molar-refractivity contribution in [1.82, 2.24) is 0 Å². The molecule has 2 atom stereocenters. The highest BCUT2D eigenvalue weighted by Gasteiger charge is 2.36. The van der Waals surface area contributed by atoms with Gasteiger partial charge in [0, 0.05) is 12.1 Å². The third kappa shape index (κ3) is 1.82. The second kappa shape index (κ2) is 3.26. The Kier molecular flexibility index (Phi) is 2.09. The summed E-state index contributed by atoms with van der Waals surface area (Å²) in [5, 5.41) is 10.3. The minimum absolute atomic E-state index is 0.0575. The van der Waals surface area contributed by atoms with Crippen LogP contribution in [0.2, 0.25) is 0 Å². The zero-order valence-electron chi connectivity index (χ0n) is 7.54. The molecule has 0 saturated carbocycles. The van der Waals surface area contributed by atoms with E-state index in [1.165, 1.54) is 12.1 Å². The largest absolute Gasteiger partial charge is 0.462 e. The number of epoxide rings is 1. The van der Waals surface area contributed by atoms with Crippen LogP contribution >= 0.6 is 0 Å². The van der Waals surface area contributed by atoms with Crippen molar-refractivity contribution in [2.24, 2.45) is 0 Å². The lowest BCUT2D eigenvalue weighted by atomic mass is 10.3. The van der Waals surface area contributed by atoms with Gasteiger partial charge in [0.2, 0.25) is 6.29 Å². The topological polar surface area (TPSA) is 64.9 Å². The number of nitro groups is 1. The minimum Gasteiger partial charge on any atom is -0.462 e. The Hall–Kier alpha value is -1.62. The fourth-order valence-electron chi connectivity index (χ4n) is 1.07. The van der Waals surface area contributed by atoms with Gasteiger partial charge in [-0.05, 0) is 19.1 Å². The van der Waals surface area contributed by atoms with Crippen LogP contribution in [0.3, 0.4) is 0 Å². The van der Waals surface area contributed by atoms with Crippen LogP contribution in [0.15, 0.2) is 24.3 Å². The number of hydrogen-bond donors (Lipinski definition) is 0. The molecule has 0 spiro atoms. The van der Waals surface area contributed by atoms with Crippen LogP contribution in [0.1, 0.15) is 6.92 Å². The van der Waals surface area contributed by atoms with Gasteiger partial charge in [0.1, 0.15) is 11.9 Å². The summed E-state index contributed by atoms with van der Waals surface area (Å²) in [4.78, 5) is 9.89. The van der Waals surface area contributed by atoms with E-state index in [4.69, 9.17) is 9.47 Å². The third-order valence-electron chi connectivity index (χ3n) is 1.96. The van der Waals surface area contributed by atoms with Crippen molar-refractivity contribution in [2.75, 3.05) is 0 Å². The van der Waals surface area contributed by atoms with Crippen LogP contribution < -0.4 is 4.74 Å². The van der Waals surface area contributed by atoms with E-state index in [1.807, 2.05) is 6.92 Å². The number of nitro benzene ring substituents is 1. The number of rotatable bonds is 3. The van der Waals surface area contributed by atoms with Gasteiger partial charge in [-0.3, -0.25) is 10.1 Å². The van der Waals surface area contributed by atoms with Gasteiger partial charge in [-0.1, -0.05) is 0 Å². The molecule has 0 N–H and O–H groups in total. The molecule has 0 bridgehead atoms. The van der Waals surface area contributed by atoms with Gasteiger partial charge in [-0.25, -0.2) is 0 Å². The number of benzene rings is 1. The summed E-state index contributed by atoms with van der Waals surface area (Å²) in [6.07, 6.45) is -0.0818. The van der Waals surface area contributed by atoms with Gasteiger partial charge in [-0.15, -0.1) is 0 Å². The fourth-order valence-corrected chi connectivity index (χ4v) is 1.07. The summed E-state index contributed by atoms with van der Waals surface area (Å²) in [6, 6.07) is 5.93. The molecule has 2 rings (SSSR count). The zero-order chi connectivity index (χ0) is 10.1. The molecule has 1 fully saturated rings. The lowest BCUT2D eigenvalue weighted by Gasteiger charge is -2.00. The van der Waals surface area contributed by atoms with Gasteiger partial charge in [0.25, 0.3) is 5.69 Å². The van der Waals surface area contributed by atoms with Crippen LogP contribution in [-0.2, 0) is 4.74 Å². The van der Waals surface area contributed by atoms with Crippen molar-refractivity contribution in [1.29, 1.82) is 0 Å². The van der Waals surface area contributed by atoms with Crippen molar-refractivity contribution >= 4 is 5.69 Å². The van der Waals surface area contributed by atoms with Crippen molar-refractivity contribution in [2.45, 2.75) is 19.3 Å². The maximum Gasteiger partial charge on any atom is 0.269 e. The van der Waals surface area contributed by atoms with Crippen LogP contribution in [0, 0.1) is 10.1 Å². The van der Waals surface area contributed by atoms with Crippen LogP contribution in [0.4, 0.5) is 5.69 Å². The summed E-state index contributed by atoms with van der Waals surface area (Å²) >= 11 is 0. The van der Waals surface area contributed by atoms with Gasteiger partial charge in [0.15, 0.2) is 0 Å². The molecule has 14 heavy (non-hydrogen) atoms. The Morgan fingerprint density at radius 2 is 2.00 bits per heavy atom. The summed E-state index contributed by atoms with van der Waals surface area (Å²) in [5.74, 6) is 0.588. The summed E-state index contributed by atoms with van der Waals surface area (Å²) < 4.78 is 10.4. The van der Waals surface area contributed by atoms with Crippen LogP contribution in [-0.4, -0.2) is 17.3 Å². The Labute approximate surface area is 80.4 Å². The summed E-state index contributed by atoms with van der Waals surface area (Å²) in [5.41, 5.74) is 0.0575. The van der Waals surface area contributed by atoms with Crippen LogP contribution in [0.25, 0.3) is 0 Å². The lowest BCUT2D eigenvalue weighted by Crippen LogP contribution is -2.00. The molecule has 1 saturated heterocycles. The Bertz CT molecular complexity index is 348. The van der Waals surface area contributed by atoms with E-state index in [-0.39, 0.29) is 18.1 Å². The van der Waals surface area contributed by atoms with Crippen molar-refractivity contribution in [3.05, 3.63) is 34.4 Å². The minimum atomic E-state index is -0.444. The molecule has 1 aromatic rings. The van der Waals surface area contributed by atoms with E-state index < -0.39 is 4.92 Å². The molecule has 74 valence electrons. The Morgan fingerprint density at radius 3 is 2.43 bits per heavy atom. The molecule has 1 aromatic carbocycles. The Morgan fingerprint density at radius 1 is 1.43 bits per heavy atom. The van der Waals surface area contributed by atoms with Gasteiger partial charge < -0.3 is 9.47 Å². The average molecular weight is 195 g/mol. The molecule has 0 aromatic heterocycles. The predicted octanol–water partition coefficient (Wildman–Crippen LogP) is 1.72. The zero-order valence-corrected chi connectivity index (χ0v) is 7.54. The first kappa shape index (κ1) is 8.96. The first-order chi connectivity index (χ1) is 6.66. The number of ether oxygens (including phenoxy) is 2. The number of hydrogen-bond acceptors (Lipinski definition) is 4. The van der Waals surface area contributed by atoms with Gasteiger partial charge >= 0.3 is 0 Å². The van der Waals surface area contributed by atoms with E-state index in [9.17, 15) is 10.1 Å². The molecule has 5 nitrogen and oxygen atoms in total. The molecule has 5 heteroatoms. The highest BCUT2D eigenvalue weighted by Crippen LogP contribution is 2.26. The van der Waals surface area contributed by atoms with Crippen molar-refractivity contribution in [3.8, 4) is 5.75 Å².